The first-order valence-electron chi connectivity index (χ1n) is 5.21. The Balaban J connectivity index is 2.86. The van der Waals surface area contributed by atoms with Gasteiger partial charge in [0.25, 0.3) is 0 Å². The average Bonchev–Trinajstić information content (AvgIpc) is 2.28. The molecule has 0 heterocycles. The van der Waals surface area contributed by atoms with Gasteiger partial charge in [0, 0.05) is 5.56 Å². The molecule has 0 radical (unpaired) electrons. The van der Waals surface area contributed by atoms with Gasteiger partial charge in [-0.3, -0.25) is 4.79 Å². The summed E-state index contributed by atoms with van der Waals surface area (Å²) in [5.74, 6) is -0.922. The van der Waals surface area contributed by atoms with Crippen LogP contribution in [0.4, 0.5) is 4.39 Å². The summed E-state index contributed by atoms with van der Waals surface area (Å²) in [6.45, 7) is 3.50. The Morgan fingerprint density at radius 3 is 2.76 bits per heavy atom. The molecule has 0 aromatic heterocycles. The predicted molar refractivity (Wildman–Crippen MR) is 60.7 cm³/mol. The van der Waals surface area contributed by atoms with Gasteiger partial charge in [-0.1, -0.05) is 11.2 Å². The van der Waals surface area contributed by atoms with Gasteiger partial charge in [-0.25, -0.2) is 4.39 Å². The van der Waals surface area contributed by atoms with E-state index in [-0.39, 0.29) is 17.7 Å². The Morgan fingerprint density at radius 1 is 1.53 bits per heavy atom. The summed E-state index contributed by atoms with van der Waals surface area (Å²) in [5.41, 5.74) is 0.917. The first-order valence-corrected chi connectivity index (χ1v) is 5.21. The number of ether oxygens (including phenoxy) is 1. The minimum atomic E-state index is -0.526. The molecule has 0 aliphatic carbocycles. The summed E-state index contributed by atoms with van der Waals surface area (Å²) < 4.78 is 18.3. The highest BCUT2D eigenvalue weighted by Gasteiger charge is 2.09. The van der Waals surface area contributed by atoms with Crippen LogP contribution >= 0.6 is 0 Å². The number of hydrogen-bond donors (Lipinski definition) is 1. The fraction of sp³-hybridized carbons (Fsp3) is 0.333. The topological polar surface area (TPSA) is 58.9 Å². The molecule has 17 heavy (non-hydrogen) atoms. The smallest absolute Gasteiger partial charge is 0.310 e. The Bertz CT molecular complexity index is 443. The van der Waals surface area contributed by atoms with Crippen molar-refractivity contribution in [2.24, 2.45) is 5.16 Å². The molecule has 5 heteroatoms. The van der Waals surface area contributed by atoms with Crippen LogP contribution in [0.3, 0.4) is 0 Å². The summed E-state index contributed by atoms with van der Waals surface area (Å²) in [5, 5.41) is 11.5. The molecule has 0 spiro atoms. The van der Waals surface area contributed by atoms with Gasteiger partial charge in [0.1, 0.15) is 5.82 Å². The third-order valence-corrected chi connectivity index (χ3v) is 2.23. The SMILES string of the molecule is CCOC(=O)Cc1ccc(/C(C)=N\O)c(F)c1. The highest BCUT2D eigenvalue weighted by atomic mass is 19.1. The maximum atomic E-state index is 13.6. The van der Waals surface area contributed by atoms with E-state index in [4.69, 9.17) is 9.94 Å². The molecule has 92 valence electrons. The molecular weight excluding hydrogens is 225 g/mol. The van der Waals surface area contributed by atoms with Crippen molar-refractivity contribution in [3.63, 3.8) is 0 Å². The van der Waals surface area contributed by atoms with E-state index in [0.29, 0.717) is 12.2 Å². The number of nitrogens with zero attached hydrogens (tertiary/aromatic N) is 1. The summed E-state index contributed by atoms with van der Waals surface area (Å²) in [4.78, 5) is 11.2. The minimum Gasteiger partial charge on any atom is -0.466 e. The van der Waals surface area contributed by atoms with Gasteiger partial charge >= 0.3 is 5.97 Å². The Hall–Kier alpha value is -1.91. The lowest BCUT2D eigenvalue weighted by atomic mass is 10.1. The van der Waals surface area contributed by atoms with Gasteiger partial charge in [-0.15, -0.1) is 0 Å². The lowest BCUT2D eigenvalue weighted by Crippen LogP contribution is -2.08. The van der Waals surface area contributed by atoms with Gasteiger partial charge in [-0.05, 0) is 31.5 Å². The van der Waals surface area contributed by atoms with Crippen molar-refractivity contribution in [1.29, 1.82) is 0 Å². The summed E-state index contributed by atoms with van der Waals surface area (Å²) in [6, 6.07) is 4.31. The predicted octanol–water partition coefficient (Wildman–Crippen LogP) is 2.13. The number of halogens is 1. The summed E-state index contributed by atoms with van der Waals surface area (Å²) in [6.07, 6.45) is 0.0281. The van der Waals surface area contributed by atoms with Crippen molar-refractivity contribution in [3.8, 4) is 0 Å². The molecule has 0 unspecified atom stereocenters. The van der Waals surface area contributed by atoms with Crippen LogP contribution in [0.1, 0.15) is 25.0 Å². The summed E-state index contributed by atoms with van der Waals surface area (Å²) in [7, 11) is 0. The van der Waals surface area contributed by atoms with Crippen LogP contribution in [0.25, 0.3) is 0 Å². The Labute approximate surface area is 98.7 Å². The molecule has 0 aliphatic rings. The van der Waals surface area contributed by atoms with Crippen LogP contribution in [-0.2, 0) is 16.0 Å². The highest BCUT2D eigenvalue weighted by molar-refractivity contribution is 5.98. The van der Waals surface area contributed by atoms with Gasteiger partial charge in [0.05, 0.1) is 18.7 Å². The molecule has 1 rings (SSSR count). The number of oxime groups is 1. The van der Waals surface area contributed by atoms with Crippen LogP contribution in [-0.4, -0.2) is 23.5 Å². The maximum Gasteiger partial charge on any atom is 0.310 e. The second-order valence-corrected chi connectivity index (χ2v) is 3.48. The number of carbonyl (C=O) groups excluding carboxylic acids is 1. The molecule has 0 amide bonds. The highest BCUT2D eigenvalue weighted by Crippen LogP contribution is 2.12. The normalized spacial score (nSPS) is 11.4. The van der Waals surface area contributed by atoms with Crippen molar-refractivity contribution in [2.45, 2.75) is 20.3 Å². The second-order valence-electron chi connectivity index (χ2n) is 3.48. The molecule has 0 saturated heterocycles. The van der Waals surface area contributed by atoms with Crippen LogP contribution in [0.2, 0.25) is 0 Å². The van der Waals surface area contributed by atoms with Crippen molar-refractivity contribution in [2.75, 3.05) is 6.61 Å². The standard InChI is InChI=1S/C12H14FNO3/c1-3-17-12(15)7-9-4-5-10(8(2)14-16)11(13)6-9/h4-6,16H,3,7H2,1-2H3/b14-8-. The fourth-order valence-corrected chi connectivity index (χ4v) is 1.39. The van der Waals surface area contributed by atoms with E-state index in [1.54, 1.807) is 13.0 Å². The molecule has 0 atom stereocenters. The van der Waals surface area contributed by atoms with Crippen LogP contribution < -0.4 is 0 Å². The molecule has 1 aromatic rings. The lowest BCUT2D eigenvalue weighted by Gasteiger charge is -2.05. The number of hydrogen-bond acceptors (Lipinski definition) is 4. The van der Waals surface area contributed by atoms with Crippen molar-refractivity contribution >= 4 is 11.7 Å². The van der Waals surface area contributed by atoms with Gasteiger partial charge in [0.15, 0.2) is 0 Å². The molecule has 4 nitrogen and oxygen atoms in total. The quantitative estimate of drug-likeness (QED) is 0.379. The first kappa shape index (κ1) is 13.2. The minimum absolute atomic E-state index is 0.0281. The largest absolute Gasteiger partial charge is 0.466 e. The Kier molecular flexibility index (Phi) is 4.63. The summed E-state index contributed by atoms with van der Waals surface area (Å²) >= 11 is 0. The third-order valence-electron chi connectivity index (χ3n) is 2.23. The van der Waals surface area contributed by atoms with E-state index in [1.807, 2.05) is 0 Å². The number of rotatable bonds is 4. The van der Waals surface area contributed by atoms with Crippen LogP contribution in [0, 0.1) is 5.82 Å². The zero-order valence-corrected chi connectivity index (χ0v) is 9.74. The number of benzene rings is 1. The van der Waals surface area contributed by atoms with Crippen LogP contribution in [0.15, 0.2) is 23.4 Å². The second kappa shape index (κ2) is 5.98. The molecule has 0 aliphatic heterocycles. The lowest BCUT2D eigenvalue weighted by molar-refractivity contribution is -0.142. The van der Waals surface area contributed by atoms with Gasteiger partial charge in [0.2, 0.25) is 0 Å². The molecular formula is C12H14FNO3. The fourth-order valence-electron chi connectivity index (χ4n) is 1.39. The van der Waals surface area contributed by atoms with E-state index >= 15 is 0 Å². The van der Waals surface area contributed by atoms with E-state index < -0.39 is 11.8 Å². The van der Waals surface area contributed by atoms with E-state index in [0.717, 1.165) is 0 Å². The molecule has 0 bridgehead atoms. The maximum absolute atomic E-state index is 13.6. The number of esters is 1. The first-order chi connectivity index (χ1) is 8.08. The zero-order chi connectivity index (χ0) is 12.8. The molecule has 1 N–H and O–H groups in total. The van der Waals surface area contributed by atoms with Crippen molar-refractivity contribution in [3.05, 3.63) is 35.1 Å². The van der Waals surface area contributed by atoms with E-state index in [1.165, 1.54) is 19.1 Å². The zero-order valence-electron chi connectivity index (χ0n) is 9.74. The van der Waals surface area contributed by atoms with E-state index in [2.05, 4.69) is 5.16 Å². The van der Waals surface area contributed by atoms with E-state index in [9.17, 15) is 9.18 Å². The van der Waals surface area contributed by atoms with Gasteiger partial charge < -0.3 is 9.94 Å². The molecule has 0 saturated carbocycles. The van der Waals surface area contributed by atoms with Crippen molar-refractivity contribution < 1.29 is 19.1 Å². The Morgan fingerprint density at radius 2 is 2.24 bits per heavy atom. The van der Waals surface area contributed by atoms with Crippen LogP contribution in [0.5, 0.6) is 0 Å². The van der Waals surface area contributed by atoms with Crippen molar-refractivity contribution in [1.82, 2.24) is 0 Å². The number of carbonyl (C=O) groups is 1. The van der Waals surface area contributed by atoms with Gasteiger partial charge in [-0.2, -0.15) is 0 Å². The molecule has 0 fully saturated rings. The third kappa shape index (κ3) is 3.55. The average molecular weight is 239 g/mol. The molecule has 1 aromatic carbocycles. The monoisotopic (exact) mass is 239 g/mol.